The summed E-state index contributed by atoms with van der Waals surface area (Å²) in [5.41, 5.74) is 7.39. The lowest BCUT2D eigenvalue weighted by molar-refractivity contribution is -0.127. The molecule has 0 aromatic heterocycles. The largest absolute Gasteiger partial charge is 0.445 e. The van der Waals surface area contributed by atoms with E-state index in [1.165, 1.54) is 0 Å². The first kappa shape index (κ1) is 24.8. The van der Waals surface area contributed by atoms with Crippen LogP contribution in [0.5, 0.6) is 0 Å². The van der Waals surface area contributed by atoms with Crippen molar-refractivity contribution in [3.63, 3.8) is 0 Å². The minimum Gasteiger partial charge on any atom is -0.445 e. The van der Waals surface area contributed by atoms with Crippen LogP contribution in [0.3, 0.4) is 0 Å². The molecule has 0 spiro atoms. The molecule has 0 fully saturated rings. The second-order valence-corrected chi connectivity index (χ2v) is 8.21. The molecule has 0 aliphatic rings. The highest BCUT2D eigenvalue weighted by atomic mass is 16.5. The van der Waals surface area contributed by atoms with Crippen molar-refractivity contribution in [1.29, 1.82) is 0 Å². The maximum Gasteiger partial charge on any atom is 0.407 e. The van der Waals surface area contributed by atoms with Gasteiger partial charge in [-0.1, -0.05) is 79.2 Å². The molecule has 0 radical (unpaired) electrons. The molecule has 3 aromatic carbocycles. The van der Waals surface area contributed by atoms with E-state index in [2.05, 4.69) is 10.6 Å². The van der Waals surface area contributed by atoms with Crippen molar-refractivity contribution in [1.82, 2.24) is 10.6 Å². The molecular weight excluding hydrogens is 430 g/mol. The van der Waals surface area contributed by atoms with Crippen LogP contribution in [0.25, 0.3) is 10.8 Å². The summed E-state index contributed by atoms with van der Waals surface area (Å²) < 4.78 is 5.15. The quantitative estimate of drug-likeness (QED) is 0.356. The number of nitrogens with two attached hydrogens (primary N) is 1. The molecule has 3 aromatic rings. The fourth-order valence-corrected chi connectivity index (χ4v) is 3.64. The summed E-state index contributed by atoms with van der Waals surface area (Å²) in [4.78, 5) is 35.9. The van der Waals surface area contributed by atoms with Gasteiger partial charge in [-0.05, 0) is 34.7 Å². The number of rotatable bonds is 12. The van der Waals surface area contributed by atoms with Crippen LogP contribution in [-0.4, -0.2) is 30.5 Å². The predicted molar refractivity (Wildman–Crippen MR) is 132 cm³/mol. The third-order valence-electron chi connectivity index (χ3n) is 5.50. The highest BCUT2D eigenvalue weighted by Crippen LogP contribution is 2.17. The van der Waals surface area contributed by atoms with Gasteiger partial charge in [0.05, 0.1) is 0 Å². The molecule has 0 aliphatic heterocycles. The molecule has 7 heteroatoms. The van der Waals surface area contributed by atoms with Crippen LogP contribution in [0.1, 0.15) is 36.8 Å². The maximum atomic E-state index is 12.3. The SMILES string of the molecule is NC(=O)[C@@H](Cc1ccc2ccccc2c1)NC(=O)CCCCCNC(=O)OCc1ccccc1. The van der Waals surface area contributed by atoms with E-state index in [1.807, 2.05) is 72.8 Å². The van der Waals surface area contributed by atoms with Gasteiger partial charge in [0.1, 0.15) is 12.6 Å². The fraction of sp³-hybridized carbons (Fsp3) is 0.296. The normalized spacial score (nSPS) is 11.5. The Morgan fingerprint density at radius 3 is 2.32 bits per heavy atom. The molecule has 7 nitrogen and oxygen atoms in total. The van der Waals surface area contributed by atoms with Crippen LogP contribution in [0.15, 0.2) is 72.8 Å². The molecular formula is C27H31N3O4. The number of hydrogen-bond acceptors (Lipinski definition) is 4. The summed E-state index contributed by atoms with van der Waals surface area (Å²) in [5, 5.41) is 7.65. The predicted octanol–water partition coefficient (Wildman–Crippen LogP) is 3.84. The number of hydrogen-bond donors (Lipinski definition) is 3. The van der Waals surface area contributed by atoms with Gasteiger partial charge >= 0.3 is 6.09 Å². The zero-order valence-corrected chi connectivity index (χ0v) is 19.2. The monoisotopic (exact) mass is 461 g/mol. The van der Waals surface area contributed by atoms with Gasteiger partial charge in [0.2, 0.25) is 11.8 Å². The van der Waals surface area contributed by atoms with Crippen molar-refractivity contribution in [2.45, 2.75) is 44.8 Å². The number of alkyl carbamates (subject to hydrolysis) is 1. The minimum absolute atomic E-state index is 0.209. The first-order valence-corrected chi connectivity index (χ1v) is 11.5. The maximum absolute atomic E-state index is 12.3. The van der Waals surface area contributed by atoms with Crippen LogP contribution in [0, 0.1) is 0 Å². The van der Waals surface area contributed by atoms with Crippen molar-refractivity contribution >= 4 is 28.7 Å². The van der Waals surface area contributed by atoms with Crippen LogP contribution >= 0.6 is 0 Å². The number of carbonyl (C=O) groups is 3. The van der Waals surface area contributed by atoms with Crippen molar-refractivity contribution in [2.75, 3.05) is 6.54 Å². The molecule has 34 heavy (non-hydrogen) atoms. The van der Waals surface area contributed by atoms with Gasteiger partial charge in [-0.15, -0.1) is 0 Å². The summed E-state index contributed by atoms with van der Waals surface area (Å²) in [6.45, 7) is 0.703. The summed E-state index contributed by atoms with van der Waals surface area (Å²) in [7, 11) is 0. The minimum atomic E-state index is -0.755. The Labute approximate surface area is 199 Å². The second-order valence-electron chi connectivity index (χ2n) is 8.21. The molecule has 3 rings (SSSR count). The smallest absolute Gasteiger partial charge is 0.407 e. The van der Waals surface area contributed by atoms with Crippen molar-refractivity contribution < 1.29 is 19.1 Å². The number of ether oxygens (including phenoxy) is 1. The number of benzene rings is 3. The van der Waals surface area contributed by atoms with Crippen LogP contribution in [0.2, 0.25) is 0 Å². The summed E-state index contributed by atoms with van der Waals surface area (Å²) in [6.07, 6.45) is 2.32. The summed E-state index contributed by atoms with van der Waals surface area (Å²) in [5.74, 6) is -0.764. The fourth-order valence-electron chi connectivity index (χ4n) is 3.64. The van der Waals surface area contributed by atoms with E-state index < -0.39 is 18.0 Å². The molecule has 0 bridgehead atoms. The number of primary amides is 1. The number of amides is 3. The molecule has 0 saturated heterocycles. The lowest BCUT2D eigenvalue weighted by Gasteiger charge is -2.16. The molecule has 1 atom stereocenters. The third-order valence-corrected chi connectivity index (χ3v) is 5.50. The van der Waals surface area contributed by atoms with Crippen molar-refractivity contribution in [3.05, 3.63) is 83.9 Å². The van der Waals surface area contributed by atoms with Crippen molar-refractivity contribution in [2.24, 2.45) is 5.73 Å². The zero-order chi connectivity index (χ0) is 24.2. The molecule has 4 N–H and O–H groups in total. The van der Waals surface area contributed by atoms with E-state index in [9.17, 15) is 14.4 Å². The lowest BCUT2D eigenvalue weighted by atomic mass is 10.0. The van der Waals surface area contributed by atoms with Crippen LogP contribution < -0.4 is 16.4 Å². The molecule has 178 valence electrons. The highest BCUT2D eigenvalue weighted by molar-refractivity contribution is 5.87. The van der Waals surface area contributed by atoms with E-state index in [0.717, 1.165) is 34.7 Å². The van der Waals surface area contributed by atoms with E-state index >= 15 is 0 Å². The Morgan fingerprint density at radius 1 is 0.824 bits per heavy atom. The Bertz CT molecular complexity index is 1100. The molecule has 0 heterocycles. The van der Waals surface area contributed by atoms with Gasteiger partial charge < -0.3 is 21.1 Å². The third kappa shape index (κ3) is 8.24. The summed E-state index contributed by atoms with van der Waals surface area (Å²) >= 11 is 0. The van der Waals surface area contributed by atoms with E-state index in [4.69, 9.17) is 10.5 Å². The lowest BCUT2D eigenvalue weighted by Crippen LogP contribution is -2.45. The standard InChI is InChI=1S/C27H31N3O4/c28-26(32)24(18-21-14-15-22-11-6-7-12-23(22)17-21)30-25(31)13-5-2-8-16-29-27(33)34-19-20-9-3-1-4-10-20/h1,3-4,6-7,9-12,14-15,17,24H,2,5,8,13,16,18-19H2,(H2,28,32)(H,29,33)(H,30,31)/t24-/m1/s1. The zero-order valence-electron chi connectivity index (χ0n) is 19.2. The van der Waals surface area contributed by atoms with Crippen LogP contribution in [-0.2, 0) is 27.4 Å². The number of unbranched alkanes of at least 4 members (excludes halogenated alkanes) is 2. The van der Waals surface area contributed by atoms with E-state index in [1.54, 1.807) is 0 Å². The number of nitrogens with one attached hydrogen (secondary N) is 2. The molecule has 0 saturated carbocycles. The van der Waals surface area contributed by atoms with Gasteiger partial charge in [-0.2, -0.15) is 0 Å². The second kappa shape index (κ2) is 13.0. The number of fused-ring (bicyclic) bond motifs is 1. The Hall–Kier alpha value is -3.87. The summed E-state index contributed by atoms with van der Waals surface area (Å²) in [6, 6.07) is 22.6. The Morgan fingerprint density at radius 2 is 1.56 bits per heavy atom. The van der Waals surface area contributed by atoms with E-state index in [-0.39, 0.29) is 12.5 Å². The molecule has 3 amide bonds. The first-order chi connectivity index (χ1) is 16.5. The Balaban J connectivity index is 1.32. The average Bonchev–Trinajstić information content (AvgIpc) is 2.85. The van der Waals surface area contributed by atoms with Gasteiger partial charge in [0, 0.05) is 19.4 Å². The van der Waals surface area contributed by atoms with E-state index in [0.29, 0.717) is 25.8 Å². The number of carbonyl (C=O) groups excluding carboxylic acids is 3. The van der Waals surface area contributed by atoms with Gasteiger partial charge in [0.25, 0.3) is 0 Å². The highest BCUT2D eigenvalue weighted by Gasteiger charge is 2.18. The molecule has 0 aliphatic carbocycles. The van der Waals surface area contributed by atoms with Gasteiger partial charge in [0.15, 0.2) is 0 Å². The molecule has 0 unspecified atom stereocenters. The van der Waals surface area contributed by atoms with Crippen molar-refractivity contribution in [3.8, 4) is 0 Å². The van der Waals surface area contributed by atoms with Gasteiger partial charge in [-0.3, -0.25) is 9.59 Å². The topological polar surface area (TPSA) is 111 Å². The van der Waals surface area contributed by atoms with Gasteiger partial charge in [-0.25, -0.2) is 4.79 Å². The van der Waals surface area contributed by atoms with Crippen LogP contribution in [0.4, 0.5) is 4.79 Å². The Kier molecular flexibility index (Phi) is 9.46. The first-order valence-electron chi connectivity index (χ1n) is 11.5. The average molecular weight is 462 g/mol.